The molecule has 5 atom stereocenters. The van der Waals surface area contributed by atoms with Crippen molar-refractivity contribution in [3.8, 4) is 0 Å². The van der Waals surface area contributed by atoms with Gasteiger partial charge in [0, 0.05) is 24.4 Å². The van der Waals surface area contributed by atoms with Gasteiger partial charge in [0.2, 0.25) is 11.7 Å². The Hall–Kier alpha value is -2.45. The average molecular weight is 505 g/mol. The quantitative estimate of drug-likeness (QED) is 0.414. The molecule has 0 aromatic heterocycles. The number of rotatable bonds is 9. The molecule has 3 aliphatic rings. The zero-order chi connectivity index (χ0) is 27.4. The molecular formula is C27H44N4O5. The minimum Gasteiger partial charge on any atom is -0.363 e. The van der Waals surface area contributed by atoms with Gasteiger partial charge >= 0.3 is 6.03 Å². The van der Waals surface area contributed by atoms with Crippen molar-refractivity contribution in [2.75, 3.05) is 6.54 Å². The molecule has 9 heteroatoms. The number of nitrogens with one attached hydrogen (secondary N) is 2. The Labute approximate surface area is 214 Å². The van der Waals surface area contributed by atoms with Crippen LogP contribution in [0.2, 0.25) is 0 Å². The van der Waals surface area contributed by atoms with E-state index in [4.69, 9.17) is 5.73 Å². The fourth-order valence-electron chi connectivity index (χ4n) is 5.81. The van der Waals surface area contributed by atoms with Crippen LogP contribution in [0.15, 0.2) is 0 Å². The van der Waals surface area contributed by atoms with Gasteiger partial charge in [0.1, 0.15) is 6.04 Å². The number of urea groups is 1. The molecular weight excluding hydrogens is 460 g/mol. The van der Waals surface area contributed by atoms with Gasteiger partial charge in [0.25, 0.3) is 5.91 Å². The highest BCUT2D eigenvalue weighted by Gasteiger charge is 2.69. The summed E-state index contributed by atoms with van der Waals surface area (Å²) in [6, 6.07) is -1.97. The molecule has 0 radical (unpaired) electrons. The van der Waals surface area contributed by atoms with E-state index in [0.29, 0.717) is 18.9 Å². The number of ketones is 2. The van der Waals surface area contributed by atoms with Crippen LogP contribution in [0.25, 0.3) is 0 Å². The van der Waals surface area contributed by atoms with Crippen molar-refractivity contribution >= 4 is 29.4 Å². The summed E-state index contributed by atoms with van der Waals surface area (Å²) in [4.78, 5) is 66.0. The Bertz CT molecular complexity index is 941. The van der Waals surface area contributed by atoms with Gasteiger partial charge in [0.05, 0.1) is 6.04 Å². The van der Waals surface area contributed by atoms with E-state index in [1.54, 1.807) is 4.90 Å². The van der Waals surface area contributed by atoms with Crippen molar-refractivity contribution in [1.29, 1.82) is 0 Å². The van der Waals surface area contributed by atoms with Crippen LogP contribution in [0.4, 0.5) is 4.79 Å². The molecule has 2 saturated carbocycles. The Morgan fingerprint density at radius 3 is 2.08 bits per heavy atom. The monoisotopic (exact) mass is 504 g/mol. The first-order valence-electron chi connectivity index (χ1n) is 13.1. The molecule has 0 aromatic rings. The van der Waals surface area contributed by atoms with E-state index in [0.717, 1.165) is 12.8 Å². The van der Waals surface area contributed by atoms with Crippen LogP contribution in [-0.2, 0) is 19.2 Å². The average Bonchev–Trinajstić information content (AvgIpc) is 3.55. The first-order valence-corrected chi connectivity index (χ1v) is 13.1. The minimum absolute atomic E-state index is 0.0109. The summed E-state index contributed by atoms with van der Waals surface area (Å²) in [6.07, 6.45) is 2.35. The fraction of sp³-hybridized carbons (Fsp3) is 0.815. The number of amides is 4. The number of Topliss-reactive ketones (excluding diaryl/α,β-unsaturated/α-hetero) is 2. The Balaban J connectivity index is 1.83. The molecule has 1 heterocycles. The van der Waals surface area contributed by atoms with Crippen LogP contribution in [0.1, 0.15) is 81.1 Å². The molecule has 9 nitrogen and oxygen atoms in total. The maximum atomic E-state index is 13.9. The second kappa shape index (κ2) is 9.45. The maximum Gasteiger partial charge on any atom is 0.315 e. The zero-order valence-corrected chi connectivity index (χ0v) is 23.1. The van der Waals surface area contributed by atoms with Crippen LogP contribution in [0, 0.1) is 34.5 Å². The molecule has 1 saturated heterocycles. The predicted molar refractivity (Wildman–Crippen MR) is 136 cm³/mol. The maximum absolute atomic E-state index is 13.9. The Morgan fingerprint density at radius 1 is 1.03 bits per heavy atom. The van der Waals surface area contributed by atoms with E-state index in [2.05, 4.69) is 24.5 Å². The van der Waals surface area contributed by atoms with Crippen molar-refractivity contribution in [1.82, 2.24) is 15.5 Å². The number of nitrogens with two attached hydrogens (primary N) is 1. The fourth-order valence-corrected chi connectivity index (χ4v) is 5.81. The topological polar surface area (TPSA) is 139 Å². The largest absolute Gasteiger partial charge is 0.363 e. The molecule has 36 heavy (non-hydrogen) atoms. The van der Waals surface area contributed by atoms with Crippen LogP contribution in [0.3, 0.4) is 0 Å². The Kier molecular flexibility index (Phi) is 7.38. The van der Waals surface area contributed by atoms with Crippen molar-refractivity contribution < 1.29 is 24.0 Å². The smallest absolute Gasteiger partial charge is 0.315 e. The minimum atomic E-state index is -1.01. The number of likely N-dealkylation sites (tertiary alicyclic amines) is 1. The molecule has 3 fully saturated rings. The van der Waals surface area contributed by atoms with Gasteiger partial charge in [-0.1, -0.05) is 47.5 Å². The van der Waals surface area contributed by atoms with E-state index in [-0.39, 0.29) is 35.4 Å². The number of nitrogens with zero attached hydrogens (tertiary/aromatic N) is 1. The van der Waals surface area contributed by atoms with Gasteiger partial charge < -0.3 is 21.3 Å². The highest BCUT2D eigenvalue weighted by atomic mass is 16.2. The Morgan fingerprint density at radius 2 is 1.61 bits per heavy atom. The zero-order valence-electron chi connectivity index (χ0n) is 23.1. The highest BCUT2D eigenvalue weighted by molar-refractivity contribution is 6.36. The molecule has 4 N–H and O–H groups in total. The van der Waals surface area contributed by atoms with Gasteiger partial charge in [-0.2, -0.15) is 0 Å². The number of carbonyl (C=O) groups excluding carboxylic acids is 5. The van der Waals surface area contributed by atoms with E-state index in [9.17, 15) is 24.0 Å². The molecule has 1 aliphatic heterocycles. The summed E-state index contributed by atoms with van der Waals surface area (Å²) in [5, 5.41) is 5.68. The van der Waals surface area contributed by atoms with Crippen LogP contribution in [-0.4, -0.2) is 58.5 Å². The number of primary amides is 1. The molecule has 4 amide bonds. The van der Waals surface area contributed by atoms with Crippen LogP contribution >= 0.6 is 0 Å². The number of piperidine rings is 1. The highest BCUT2D eigenvalue weighted by Crippen LogP contribution is 2.65. The van der Waals surface area contributed by atoms with Crippen molar-refractivity contribution in [3.05, 3.63) is 0 Å². The predicted octanol–water partition coefficient (Wildman–Crippen LogP) is 2.41. The van der Waals surface area contributed by atoms with Gasteiger partial charge in [-0.15, -0.1) is 0 Å². The molecule has 0 aromatic carbocycles. The second-order valence-electron chi connectivity index (χ2n) is 13.8. The molecule has 202 valence electrons. The number of hydrogen-bond donors (Lipinski definition) is 3. The van der Waals surface area contributed by atoms with Gasteiger partial charge in [-0.3, -0.25) is 19.2 Å². The van der Waals surface area contributed by atoms with E-state index >= 15 is 0 Å². The summed E-state index contributed by atoms with van der Waals surface area (Å²) >= 11 is 0. The van der Waals surface area contributed by atoms with Crippen molar-refractivity contribution in [2.24, 2.45) is 40.2 Å². The summed E-state index contributed by atoms with van der Waals surface area (Å²) in [6.45, 7) is 15.8. The van der Waals surface area contributed by atoms with Crippen LogP contribution < -0.4 is 16.4 Å². The van der Waals surface area contributed by atoms with E-state index < -0.39 is 46.7 Å². The van der Waals surface area contributed by atoms with Gasteiger partial charge in [0.15, 0.2) is 5.78 Å². The lowest BCUT2D eigenvalue weighted by atomic mass is 9.84. The van der Waals surface area contributed by atoms with Crippen molar-refractivity contribution in [3.63, 3.8) is 0 Å². The van der Waals surface area contributed by atoms with Gasteiger partial charge in [-0.25, -0.2) is 4.79 Å². The third-order valence-electron chi connectivity index (χ3n) is 8.07. The summed E-state index contributed by atoms with van der Waals surface area (Å²) in [5.74, 6) is -2.45. The van der Waals surface area contributed by atoms with Crippen LogP contribution in [0.5, 0.6) is 0 Å². The lowest BCUT2D eigenvalue weighted by molar-refractivity contribution is -0.144. The van der Waals surface area contributed by atoms with E-state index in [1.807, 2.05) is 41.5 Å². The SMILES string of the molecule is CC(C)(C)NC(=O)NC(C(=O)N1CC2[C@@H](C1C(=O)CC(CC1CC1)C(=O)C(N)=O)C2(C)C)C(C)(C)C. The third kappa shape index (κ3) is 6.09. The number of fused-ring (bicyclic) bond motifs is 1. The van der Waals surface area contributed by atoms with Gasteiger partial charge in [-0.05, 0) is 55.8 Å². The molecule has 0 bridgehead atoms. The molecule has 2 aliphatic carbocycles. The number of carbonyl (C=O) groups is 5. The molecule has 4 unspecified atom stereocenters. The number of hydrogen-bond acceptors (Lipinski definition) is 5. The lowest BCUT2D eigenvalue weighted by Crippen LogP contribution is -2.60. The van der Waals surface area contributed by atoms with Crippen molar-refractivity contribution in [2.45, 2.75) is 98.7 Å². The molecule has 3 rings (SSSR count). The third-order valence-corrected chi connectivity index (χ3v) is 8.07. The summed E-state index contributed by atoms with van der Waals surface area (Å²) in [5.41, 5.74) is 4.12. The standard InChI is InChI=1S/C27H44N4O5/c1-25(2,3)21(29-24(36)30-26(4,5)6)23(35)31-13-16-18(27(16,7)8)19(31)17(32)12-15(11-14-9-10-14)20(33)22(28)34/h14-16,18-19,21H,9-13H2,1-8H3,(H2,28,34)(H2,29,30,36)/t15?,16?,18-,19?,21?/m0/s1. The second-order valence-corrected chi connectivity index (χ2v) is 13.8. The normalized spacial score (nSPS) is 26.4. The first kappa shape index (κ1) is 28.1. The van der Waals surface area contributed by atoms with E-state index in [1.165, 1.54) is 0 Å². The summed E-state index contributed by atoms with van der Waals surface area (Å²) in [7, 11) is 0. The first-order chi connectivity index (χ1) is 16.3. The lowest BCUT2D eigenvalue weighted by Gasteiger charge is -2.38. The summed E-state index contributed by atoms with van der Waals surface area (Å²) < 4.78 is 0. The molecule has 0 spiro atoms.